The third-order valence-electron chi connectivity index (χ3n) is 5.39. The summed E-state index contributed by atoms with van der Waals surface area (Å²) in [7, 11) is 0. The van der Waals surface area contributed by atoms with Crippen molar-refractivity contribution in [2.75, 3.05) is 32.7 Å². The van der Waals surface area contributed by atoms with Gasteiger partial charge in [-0.25, -0.2) is 9.59 Å². The van der Waals surface area contributed by atoms with E-state index in [4.69, 9.17) is 0 Å². The van der Waals surface area contributed by atoms with Crippen LogP contribution in [0.1, 0.15) is 23.2 Å². The molecule has 3 rings (SSSR count). The number of benzene rings is 1. The molecule has 0 aliphatic carbocycles. The molecule has 0 aromatic heterocycles. The molecule has 1 aromatic rings. The second-order valence-electron chi connectivity index (χ2n) is 8.02. The molecular weight excluding hydrogens is 474 g/mol. The number of nitrogens with one attached hydrogen (secondary N) is 5. The Kier molecular flexibility index (Phi) is 8.91. The van der Waals surface area contributed by atoms with Crippen LogP contribution in [0.5, 0.6) is 0 Å². The first-order chi connectivity index (χ1) is 17.3. The average Bonchev–Trinajstić information content (AvgIpc) is 3.48. The number of nitrogens with zero attached hydrogens (tertiary/aromatic N) is 2. The van der Waals surface area contributed by atoms with Crippen LogP contribution in [0.2, 0.25) is 0 Å². The first-order valence-electron chi connectivity index (χ1n) is 11.3. The number of ketones is 1. The summed E-state index contributed by atoms with van der Waals surface area (Å²) in [5.74, 6) is -4.24. The fourth-order valence-corrected chi connectivity index (χ4v) is 3.51. The third kappa shape index (κ3) is 7.01. The molecule has 1 fully saturated rings. The maximum absolute atomic E-state index is 12.5. The monoisotopic (exact) mass is 501 g/mol. The molecule has 14 heteroatoms. The van der Waals surface area contributed by atoms with E-state index in [9.17, 15) is 33.9 Å². The van der Waals surface area contributed by atoms with Gasteiger partial charge in [0.05, 0.1) is 6.54 Å². The SMILES string of the molecule is O=C(CN1C(=O)N[C@@H](CCCNC2=NCCN2)C1=O)NC[C@H](NC(=O)C(=O)c1ccccc1)C(=O)O. The highest BCUT2D eigenvalue weighted by Gasteiger charge is 2.38. The molecule has 2 aliphatic heterocycles. The number of hydrogen-bond acceptors (Lipinski definition) is 9. The molecule has 0 saturated carbocycles. The summed E-state index contributed by atoms with van der Waals surface area (Å²) in [6.07, 6.45) is 0.921. The number of rotatable bonds is 12. The van der Waals surface area contributed by atoms with Gasteiger partial charge in [-0.1, -0.05) is 30.3 Å². The number of amides is 5. The van der Waals surface area contributed by atoms with Crippen molar-refractivity contribution >= 4 is 41.5 Å². The highest BCUT2D eigenvalue weighted by molar-refractivity contribution is 6.43. The van der Waals surface area contributed by atoms with Crippen LogP contribution in [-0.2, 0) is 19.2 Å². The van der Waals surface area contributed by atoms with Gasteiger partial charge < -0.3 is 31.7 Å². The number of carboxylic acids is 1. The van der Waals surface area contributed by atoms with Gasteiger partial charge >= 0.3 is 12.0 Å². The summed E-state index contributed by atoms with van der Waals surface area (Å²) in [6.45, 7) is 0.826. The lowest BCUT2D eigenvalue weighted by atomic mass is 10.1. The van der Waals surface area contributed by atoms with Crippen molar-refractivity contribution in [1.29, 1.82) is 0 Å². The highest BCUT2D eigenvalue weighted by atomic mass is 16.4. The maximum Gasteiger partial charge on any atom is 0.328 e. The summed E-state index contributed by atoms with van der Waals surface area (Å²) in [5.41, 5.74) is 0.0797. The van der Waals surface area contributed by atoms with Gasteiger partial charge in [-0.15, -0.1) is 0 Å². The van der Waals surface area contributed by atoms with Crippen LogP contribution in [0.15, 0.2) is 35.3 Å². The van der Waals surface area contributed by atoms with Crippen LogP contribution in [0.25, 0.3) is 0 Å². The molecule has 192 valence electrons. The molecule has 0 bridgehead atoms. The van der Waals surface area contributed by atoms with Crippen LogP contribution >= 0.6 is 0 Å². The zero-order valence-electron chi connectivity index (χ0n) is 19.3. The van der Waals surface area contributed by atoms with Crippen LogP contribution in [0.3, 0.4) is 0 Å². The predicted molar refractivity (Wildman–Crippen MR) is 125 cm³/mol. The average molecular weight is 502 g/mol. The second-order valence-corrected chi connectivity index (χ2v) is 8.02. The Bertz CT molecular complexity index is 1060. The van der Waals surface area contributed by atoms with Gasteiger partial charge in [-0.2, -0.15) is 0 Å². The van der Waals surface area contributed by atoms with Gasteiger partial charge in [-0.05, 0) is 12.8 Å². The van der Waals surface area contributed by atoms with E-state index in [2.05, 4.69) is 31.6 Å². The number of carbonyl (C=O) groups excluding carboxylic acids is 5. The Morgan fingerprint density at radius 1 is 1.17 bits per heavy atom. The quantitative estimate of drug-likeness (QED) is 0.0796. The summed E-state index contributed by atoms with van der Waals surface area (Å²) in [5, 5.41) is 22.3. The first kappa shape index (κ1) is 26.1. The van der Waals surface area contributed by atoms with E-state index in [1.807, 2.05) is 0 Å². The minimum absolute atomic E-state index is 0.0797. The molecule has 1 saturated heterocycles. The molecule has 2 aliphatic rings. The van der Waals surface area contributed by atoms with Crippen LogP contribution < -0.4 is 26.6 Å². The normalized spacial score (nSPS) is 17.5. The largest absolute Gasteiger partial charge is 0.480 e. The first-order valence-corrected chi connectivity index (χ1v) is 11.3. The second kappa shape index (κ2) is 12.3. The number of carboxylic acid groups (broad SMARTS) is 1. The Morgan fingerprint density at radius 3 is 2.58 bits per heavy atom. The molecular formula is C22H27N7O7. The van der Waals surface area contributed by atoms with Crippen molar-refractivity contribution in [2.45, 2.75) is 24.9 Å². The summed E-state index contributed by atoms with van der Waals surface area (Å²) in [4.78, 5) is 77.6. The van der Waals surface area contributed by atoms with Gasteiger partial charge in [0.15, 0.2) is 5.96 Å². The van der Waals surface area contributed by atoms with Crippen molar-refractivity contribution in [1.82, 2.24) is 31.5 Å². The van der Waals surface area contributed by atoms with Gasteiger partial charge in [0, 0.05) is 25.2 Å². The molecule has 0 unspecified atom stereocenters. The van der Waals surface area contributed by atoms with Gasteiger partial charge in [0.25, 0.3) is 11.8 Å². The maximum atomic E-state index is 12.5. The van der Waals surface area contributed by atoms with Crippen LogP contribution in [0, 0.1) is 0 Å². The van der Waals surface area contributed by atoms with E-state index >= 15 is 0 Å². The number of guanidine groups is 1. The third-order valence-corrected chi connectivity index (χ3v) is 5.39. The standard InChI is InChI=1S/C22H27N7O7/c30-16(26-11-15(20(34)35)27-18(32)17(31)13-5-2-1-3-6-13)12-29-19(33)14(28-22(29)36)7-4-8-23-21-24-9-10-25-21/h1-3,5-6,14-15H,4,7-12H2,(H,26,30)(H,27,32)(H,28,36)(H,34,35)(H2,23,24,25)/t14-,15-/m0/s1. The van der Waals surface area contributed by atoms with Crippen molar-refractivity contribution < 1.29 is 33.9 Å². The smallest absolute Gasteiger partial charge is 0.328 e. The van der Waals surface area contributed by atoms with E-state index in [0.29, 0.717) is 31.9 Å². The predicted octanol–water partition coefficient (Wildman–Crippen LogP) is -2.20. The van der Waals surface area contributed by atoms with Crippen molar-refractivity contribution in [3.63, 3.8) is 0 Å². The number of hydrogen-bond donors (Lipinski definition) is 6. The molecule has 2 heterocycles. The minimum atomic E-state index is -1.60. The molecule has 1 aromatic carbocycles. The molecule has 0 spiro atoms. The fraction of sp³-hybridized carbons (Fsp3) is 0.409. The Balaban J connectivity index is 1.43. The molecule has 6 N–H and O–H groups in total. The van der Waals surface area contributed by atoms with E-state index in [1.54, 1.807) is 18.2 Å². The van der Waals surface area contributed by atoms with E-state index in [-0.39, 0.29) is 5.56 Å². The highest BCUT2D eigenvalue weighted by Crippen LogP contribution is 2.10. The number of urea groups is 1. The number of imide groups is 1. The molecule has 2 atom stereocenters. The Labute approximate surface area is 205 Å². The zero-order valence-corrected chi connectivity index (χ0v) is 19.3. The van der Waals surface area contributed by atoms with E-state index in [1.165, 1.54) is 12.1 Å². The zero-order chi connectivity index (χ0) is 26.1. The fourth-order valence-electron chi connectivity index (χ4n) is 3.51. The number of aliphatic imine (C=N–C) groups is 1. The number of Topliss-reactive ketones (excluding diaryl/α,β-unsaturated/α-hetero) is 1. The van der Waals surface area contributed by atoms with Gasteiger partial charge in [-0.3, -0.25) is 29.1 Å². The molecule has 36 heavy (non-hydrogen) atoms. The molecule has 0 radical (unpaired) electrons. The molecule has 5 amide bonds. The lowest BCUT2D eigenvalue weighted by Crippen LogP contribution is -2.51. The summed E-state index contributed by atoms with van der Waals surface area (Å²) >= 11 is 0. The van der Waals surface area contributed by atoms with Crippen molar-refractivity contribution in [3.8, 4) is 0 Å². The summed E-state index contributed by atoms with van der Waals surface area (Å²) in [6, 6.07) is 4.46. The van der Waals surface area contributed by atoms with Crippen molar-refractivity contribution in [2.24, 2.45) is 4.99 Å². The van der Waals surface area contributed by atoms with E-state index in [0.717, 1.165) is 11.4 Å². The summed E-state index contributed by atoms with van der Waals surface area (Å²) < 4.78 is 0. The minimum Gasteiger partial charge on any atom is -0.480 e. The van der Waals surface area contributed by atoms with Crippen molar-refractivity contribution in [3.05, 3.63) is 35.9 Å². The Hall–Kier alpha value is -4.49. The van der Waals surface area contributed by atoms with Gasteiger partial charge in [0.1, 0.15) is 18.6 Å². The van der Waals surface area contributed by atoms with Crippen LogP contribution in [-0.4, -0.2) is 96.3 Å². The molecule has 14 nitrogen and oxygen atoms in total. The van der Waals surface area contributed by atoms with Crippen LogP contribution in [0.4, 0.5) is 4.79 Å². The topological polar surface area (TPSA) is 198 Å². The van der Waals surface area contributed by atoms with E-state index < -0.39 is 60.7 Å². The lowest BCUT2D eigenvalue weighted by Gasteiger charge is -2.17. The lowest BCUT2D eigenvalue weighted by molar-refractivity contribution is -0.141. The number of carbonyl (C=O) groups is 6. The van der Waals surface area contributed by atoms with Gasteiger partial charge in [0.2, 0.25) is 11.7 Å². The number of aliphatic carboxylic acids is 1. The Morgan fingerprint density at radius 2 is 1.92 bits per heavy atom.